The molecule has 1 heterocycles. The summed E-state index contributed by atoms with van der Waals surface area (Å²) in [6.07, 6.45) is 4.56. The van der Waals surface area contributed by atoms with Crippen LogP contribution in [0.25, 0.3) is 0 Å². The number of nitrogens with two attached hydrogens (primary N) is 1. The van der Waals surface area contributed by atoms with E-state index in [1.807, 2.05) is 36.7 Å². The molecule has 90 valence electrons. The molecule has 4 nitrogen and oxygen atoms in total. The van der Waals surface area contributed by atoms with E-state index in [0.29, 0.717) is 13.2 Å². The van der Waals surface area contributed by atoms with E-state index in [-0.39, 0.29) is 0 Å². The number of aromatic nitrogens is 2. The van der Waals surface area contributed by atoms with Crippen molar-refractivity contribution >= 4 is 0 Å². The molecule has 0 saturated heterocycles. The van der Waals surface area contributed by atoms with Crippen molar-refractivity contribution in [3.05, 3.63) is 48.5 Å². The van der Waals surface area contributed by atoms with Crippen molar-refractivity contribution in [3.63, 3.8) is 0 Å². The number of hydrogen-bond acceptors (Lipinski definition) is 3. The Morgan fingerprint density at radius 3 is 2.82 bits per heavy atom. The van der Waals surface area contributed by atoms with Crippen molar-refractivity contribution in [1.82, 2.24) is 9.55 Å². The minimum absolute atomic E-state index is 0.527. The van der Waals surface area contributed by atoms with Crippen molar-refractivity contribution in [3.8, 4) is 5.75 Å². The highest BCUT2D eigenvalue weighted by Gasteiger charge is 1.99. The Morgan fingerprint density at radius 1 is 1.24 bits per heavy atom. The second kappa shape index (κ2) is 6.06. The number of rotatable bonds is 6. The third-order valence-corrected chi connectivity index (χ3v) is 2.56. The number of hydrogen-bond donors (Lipinski definition) is 1. The lowest BCUT2D eigenvalue weighted by Gasteiger charge is -2.08. The fraction of sp³-hybridized carbons (Fsp3) is 0.308. The van der Waals surface area contributed by atoms with Crippen LogP contribution in [0.1, 0.15) is 12.1 Å². The molecule has 4 heteroatoms. The van der Waals surface area contributed by atoms with Gasteiger partial charge in [-0.1, -0.05) is 18.2 Å². The number of aryl methyl sites for hydroxylation is 1. The van der Waals surface area contributed by atoms with Crippen LogP contribution in [0.5, 0.6) is 5.75 Å². The zero-order valence-electron chi connectivity index (χ0n) is 9.75. The largest absolute Gasteiger partial charge is 0.494 e. The van der Waals surface area contributed by atoms with Crippen LogP contribution in [0.15, 0.2) is 42.9 Å². The highest BCUT2D eigenvalue weighted by Crippen LogP contribution is 2.08. The van der Waals surface area contributed by atoms with E-state index in [1.54, 1.807) is 6.20 Å². The van der Waals surface area contributed by atoms with Gasteiger partial charge in [-0.25, -0.2) is 4.98 Å². The van der Waals surface area contributed by atoms with Crippen molar-refractivity contribution in [2.75, 3.05) is 6.61 Å². The fourth-order valence-corrected chi connectivity index (χ4v) is 1.66. The molecule has 2 N–H and O–H groups in total. The molecule has 0 aliphatic carbocycles. The van der Waals surface area contributed by atoms with Gasteiger partial charge < -0.3 is 15.0 Å². The summed E-state index contributed by atoms with van der Waals surface area (Å²) in [5.41, 5.74) is 6.66. The lowest BCUT2D eigenvalue weighted by molar-refractivity contribution is 0.301. The second-order valence-corrected chi connectivity index (χ2v) is 3.80. The number of nitrogens with zero attached hydrogens (tertiary/aromatic N) is 2. The molecule has 0 spiro atoms. The van der Waals surface area contributed by atoms with Crippen molar-refractivity contribution in [2.24, 2.45) is 5.73 Å². The van der Waals surface area contributed by atoms with Crippen molar-refractivity contribution in [1.29, 1.82) is 0 Å². The SMILES string of the molecule is NCc1cncn1CCCOc1ccccc1. The van der Waals surface area contributed by atoms with Gasteiger partial charge in [0.2, 0.25) is 0 Å². The average molecular weight is 231 g/mol. The molecule has 0 saturated carbocycles. The highest BCUT2D eigenvalue weighted by atomic mass is 16.5. The first-order chi connectivity index (χ1) is 8.40. The highest BCUT2D eigenvalue weighted by molar-refractivity contribution is 5.20. The molecule has 0 radical (unpaired) electrons. The van der Waals surface area contributed by atoms with Gasteiger partial charge in [-0.2, -0.15) is 0 Å². The standard InChI is InChI=1S/C13H17N3O/c14-9-12-10-15-11-16(12)7-4-8-17-13-5-2-1-3-6-13/h1-3,5-6,10-11H,4,7-9,14H2. The molecule has 1 aromatic heterocycles. The molecule has 0 fully saturated rings. The van der Waals surface area contributed by atoms with Gasteiger partial charge in [0.1, 0.15) is 5.75 Å². The molecule has 0 bridgehead atoms. The average Bonchev–Trinajstić information content (AvgIpc) is 2.83. The topological polar surface area (TPSA) is 53.1 Å². The third kappa shape index (κ3) is 3.32. The number of benzene rings is 1. The quantitative estimate of drug-likeness (QED) is 0.771. The van der Waals surface area contributed by atoms with E-state index in [0.717, 1.165) is 24.4 Å². The number of ether oxygens (including phenoxy) is 1. The summed E-state index contributed by atoms with van der Waals surface area (Å²) < 4.78 is 7.68. The normalized spacial score (nSPS) is 10.4. The smallest absolute Gasteiger partial charge is 0.119 e. The lowest BCUT2D eigenvalue weighted by atomic mass is 10.3. The molecule has 2 rings (SSSR count). The second-order valence-electron chi connectivity index (χ2n) is 3.80. The molecule has 2 aromatic rings. The van der Waals surface area contributed by atoms with Crippen LogP contribution < -0.4 is 10.5 Å². The molecule has 1 aromatic carbocycles. The summed E-state index contributed by atoms with van der Waals surface area (Å²) in [5.74, 6) is 0.914. The molecular formula is C13H17N3O. The predicted octanol–water partition coefficient (Wildman–Crippen LogP) is 1.81. The Balaban J connectivity index is 1.73. The molecule has 0 atom stereocenters. The van der Waals surface area contributed by atoms with E-state index in [4.69, 9.17) is 10.5 Å². The van der Waals surface area contributed by atoms with Crippen LogP contribution >= 0.6 is 0 Å². The summed E-state index contributed by atoms with van der Waals surface area (Å²) in [4.78, 5) is 4.07. The van der Waals surface area contributed by atoms with E-state index in [2.05, 4.69) is 9.55 Å². The minimum atomic E-state index is 0.527. The third-order valence-electron chi connectivity index (χ3n) is 2.56. The molecule has 17 heavy (non-hydrogen) atoms. The van der Waals surface area contributed by atoms with Gasteiger partial charge in [0.15, 0.2) is 0 Å². The van der Waals surface area contributed by atoms with Crippen LogP contribution in [0.2, 0.25) is 0 Å². The van der Waals surface area contributed by atoms with Gasteiger partial charge in [0.05, 0.1) is 18.6 Å². The summed E-state index contributed by atoms with van der Waals surface area (Å²) in [6.45, 7) is 2.12. The number of imidazole rings is 1. The molecule has 0 aliphatic rings. The maximum Gasteiger partial charge on any atom is 0.119 e. The van der Waals surface area contributed by atoms with E-state index >= 15 is 0 Å². The van der Waals surface area contributed by atoms with E-state index in [1.165, 1.54) is 0 Å². The van der Waals surface area contributed by atoms with E-state index < -0.39 is 0 Å². The zero-order chi connectivity index (χ0) is 11.9. The van der Waals surface area contributed by atoms with Crippen molar-refractivity contribution < 1.29 is 4.74 Å². The molecular weight excluding hydrogens is 214 g/mol. The Kier molecular flexibility index (Phi) is 4.16. The monoisotopic (exact) mass is 231 g/mol. The minimum Gasteiger partial charge on any atom is -0.494 e. The first-order valence-electron chi connectivity index (χ1n) is 5.77. The first kappa shape index (κ1) is 11.7. The molecule has 0 unspecified atom stereocenters. The van der Waals surface area contributed by atoms with Gasteiger partial charge in [-0.15, -0.1) is 0 Å². The first-order valence-corrected chi connectivity index (χ1v) is 5.77. The Morgan fingerprint density at radius 2 is 2.06 bits per heavy atom. The van der Waals surface area contributed by atoms with Gasteiger partial charge in [-0.05, 0) is 18.6 Å². The Bertz CT molecular complexity index is 439. The Labute approximate surface area is 101 Å². The molecule has 0 amide bonds. The Hall–Kier alpha value is -1.81. The summed E-state index contributed by atoms with van der Waals surface area (Å²) in [5, 5.41) is 0. The van der Waals surface area contributed by atoms with E-state index in [9.17, 15) is 0 Å². The summed E-state index contributed by atoms with van der Waals surface area (Å²) >= 11 is 0. The lowest BCUT2D eigenvalue weighted by Crippen LogP contribution is -2.09. The van der Waals surface area contributed by atoms with Crippen LogP contribution in [0.4, 0.5) is 0 Å². The van der Waals surface area contributed by atoms with Gasteiger partial charge in [0.25, 0.3) is 0 Å². The van der Waals surface area contributed by atoms with Crippen molar-refractivity contribution in [2.45, 2.75) is 19.5 Å². The van der Waals surface area contributed by atoms with Crippen LogP contribution in [0, 0.1) is 0 Å². The maximum atomic E-state index is 5.61. The summed E-state index contributed by atoms with van der Waals surface area (Å²) in [7, 11) is 0. The zero-order valence-corrected chi connectivity index (χ0v) is 9.75. The predicted molar refractivity (Wildman–Crippen MR) is 66.7 cm³/mol. The van der Waals surface area contributed by atoms with Gasteiger partial charge in [0, 0.05) is 19.3 Å². The maximum absolute atomic E-state index is 5.61. The number of para-hydroxylation sites is 1. The summed E-state index contributed by atoms with van der Waals surface area (Å²) in [6, 6.07) is 9.84. The molecule has 0 aliphatic heterocycles. The van der Waals surface area contributed by atoms with Crippen LogP contribution in [-0.4, -0.2) is 16.2 Å². The van der Waals surface area contributed by atoms with Gasteiger partial charge >= 0.3 is 0 Å². The van der Waals surface area contributed by atoms with Crippen LogP contribution in [-0.2, 0) is 13.1 Å². The van der Waals surface area contributed by atoms with Crippen LogP contribution in [0.3, 0.4) is 0 Å². The fourth-order valence-electron chi connectivity index (χ4n) is 1.66. The van der Waals surface area contributed by atoms with Gasteiger partial charge in [-0.3, -0.25) is 0 Å².